The fourth-order valence-corrected chi connectivity index (χ4v) is 1.76. The normalized spacial score (nSPS) is 10.6. The lowest BCUT2D eigenvalue weighted by Gasteiger charge is -2.08. The van der Waals surface area contributed by atoms with E-state index in [0.717, 1.165) is 16.8 Å². The Morgan fingerprint density at radius 2 is 2.27 bits per heavy atom. The fraction of sp³-hybridized carbons (Fsp3) is 0.182. The van der Waals surface area contributed by atoms with Crippen LogP contribution in [0.4, 0.5) is 0 Å². The molecule has 0 radical (unpaired) electrons. The molecule has 0 saturated carbocycles. The van der Waals surface area contributed by atoms with E-state index in [2.05, 4.69) is 5.10 Å². The van der Waals surface area contributed by atoms with Gasteiger partial charge in [-0.3, -0.25) is 0 Å². The van der Waals surface area contributed by atoms with E-state index in [1.165, 1.54) is 0 Å². The number of nitrogens with zero attached hydrogens (tertiary/aromatic N) is 2. The molecular formula is C11H11ClN2O. The van der Waals surface area contributed by atoms with Gasteiger partial charge in [0.05, 0.1) is 23.5 Å². The van der Waals surface area contributed by atoms with Gasteiger partial charge in [0.15, 0.2) is 0 Å². The Bertz CT molecular complexity index is 479. The minimum atomic E-state index is -0.0468. The Hall–Kier alpha value is -1.32. The van der Waals surface area contributed by atoms with Gasteiger partial charge in [-0.2, -0.15) is 5.10 Å². The number of aliphatic hydroxyl groups is 1. The fourth-order valence-electron chi connectivity index (χ4n) is 1.48. The molecule has 0 spiro atoms. The summed E-state index contributed by atoms with van der Waals surface area (Å²) < 4.78 is 1.68. The van der Waals surface area contributed by atoms with E-state index in [9.17, 15) is 5.11 Å². The Morgan fingerprint density at radius 1 is 1.47 bits per heavy atom. The van der Waals surface area contributed by atoms with Crippen LogP contribution in [0, 0.1) is 6.92 Å². The van der Waals surface area contributed by atoms with Gasteiger partial charge in [-0.05, 0) is 18.6 Å². The molecule has 1 aromatic heterocycles. The molecule has 0 fully saturated rings. The maximum atomic E-state index is 9.21. The van der Waals surface area contributed by atoms with Crippen LogP contribution < -0.4 is 0 Å². The number of para-hydroxylation sites is 1. The number of hydrogen-bond acceptors (Lipinski definition) is 2. The van der Waals surface area contributed by atoms with Crippen molar-refractivity contribution in [3.8, 4) is 5.69 Å². The molecule has 0 atom stereocenters. The standard InChI is InChI=1S/C11H11ClN2O/c1-8-5-13-14(6-8)11-9(7-15)3-2-4-10(11)12/h2-6,15H,7H2,1H3. The van der Waals surface area contributed by atoms with Crippen molar-refractivity contribution in [2.75, 3.05) is 0 Å². The van der Waals surface area contributed by atoms with Crippen LogP contribution in [-0.2, 0) is 6.61 Å². The highest BCUT2D eigenvalue weighted by molar-refractivity contribution is 6.32. The number of hydrogen-bond donors (Lipinski definition) is 1. The van der Waals surface area contributed by atoms with Gasteiger partial charge >= 0.3 is 0 Å². The topological polar surface area (TPSA) is 38.0 Å². The first kappa shape index (κ1) is 10.2. The summed E-state index contributed by atoms with van der Waals surface area (Å²) in [6.07, 6.45) is 3.63. The molecule has 0 aliphatic carbocycles. The molecule has 4 heteroatoms. The molecular weight excluding hydrogens is 212 g/mol. The van der Waals surface area contributed by atoms with Gasteiger partial charge in [0.2, 0.25) is 0 Å². The van der Waals surface area contributed by atoms with Gasteiger partial charge in [-0.25, -0.2) is 4.68 Å². The molecule has 0 saturated heterocycles. The van der Waals surface area contributed by atoms with Gasteiger partial charge in [-0.15, -0.1) is 0 Å². The quantitative estimate of drug-likeness (QED) is 0.847. The number of aromatic nitrogens is 2. The summed E-state index contributed by atoms with van der Waals surface area (Å²) >= 11 is 6.08. The SMILES string of the molecule is Cc1cnn(-c2c(Cl)cccc2CO)c1. The van der Waals surface area contributed by atoms with Crippen molar-refractivity contribution in [1.82, 2.24) is 9.78 Å². The Morgan fingerprint density at radius 3 is 2.87 bits per heavy atom. The zero-order chi connectivity index (χ0) is 10.8. The van der Waals surface area contributed by atoms with Crippen LogP contribution in [0.1, 0.15) is 11.1 Å². The lowest BCUT2D eigenvalue weighted by molar-refractivity contribution is 0.281. The highest BCUT2D eigenvalue weighted by atomic mass is 35.5. The third kappa shape index (κ3) is 1.89. The summed E-state index contributed by atoms with van der Waals surface area (Å²) in [5, 5.41) is 14.0. The summed E-state index contributed by atoms with van der Waals surface area (Å²) in [5.41, 5.74) is 2.57. The Balaban J connectivity index is 2.60. The zero-order valence-electron chi connectivity index (χ0n) is 8.31. The van der Waals surface area contributed by atoms with Crippen molar-refractivity contribution < 1.29 is 5.11 Å². The van der Waals surface area contributed by atoms with Gasteiger partial charge in [0, 0.05) is 11.8 Å². The number of rotatable bonds is 2. The molecule has 0 amide bonds. The number of aryl methyl sites for hydroxylation is 1. The van der Waals surface area contributed by atoms with E-state index in [0.29, 0.717) is 5.02 Å². The van der Waals surface area contributed by atoms with E-state index >= 15 is 0 Å². The molecule has 1 heterocycles. The molecule has 2 rings (SSSR count). The van der Waals surface area contributed by atoms with Crippen molar-refractivity contribution >= 4 is 11.6 Å². The molecule has 0 bridgehead atoms. The Kier molecular flexibility index (Phi) is 2.75. The first-order valence-corrected chi connectivity index (χ1v) is 5.00. The molecule has 2 aromatic rings. The van der Waals surface area contributed by atoms with E-state index in [1.807, 2.05) is 25.3 Å². The number of aliphatic hydroxyl groups excluding tert-OH is 1. The van der Waals surface area contributed by atoms with Crippen LogP contribution in [0.15, 0.2) is 30.6 Å². The van der Waals surface area contributed by atoms with E-state index in [-0.39, 0.29) is 6.61 Å². The molecule has 3 nitrogen and oxygen atoms in total. The zero-order valence-corrected chi connectivity index (χ0v) is 9.07. The van der Waals surface area contributed by atoms with Gasteiger partial charge < -0.3 is 5.11 Å². The summed E-state index contributed by atoms with van der Waals surface area (Å²) in [4.78, 5) is 0. The molecule has 78 valence electrons. The minimum Gasteiger partial charge on any atom is -0.392 e. The Labute approximate surface area is 92.9 Å². The van der Waals surface area contributed by atoms with Crippen molar-refractivity contribution in [2.24, 2.45) is 0 Å². The molecule has 1 aromatic carbocycles. The second-order valence-corrected chi connectivity index (χ2v) is 3.78. The summed E-state index contributed by atoms with van der Waals surface area (Å²) in [6, 6.07) is 5.43. The largest absolute Gasteiger partial charge is 0.392 e. The van der Waals surface area contributed by atoms with E-state index < -0.39 is 0 Å². The molecule has 1 N–H and O–H groups in total. The van der Waals surface area contributed by atoms with E-state index in [1.54, 1.807) is 16.9 Å². The van der Waals surface area contributed by atoms with E-state index in [4.69, 9.17) is 11.6 Å². The highest BCUT2D eigenvalue weighted by Gasteiger charge is 2.08. The van der Waals surface area contributed by atoms with Crippen LogP contribution in [0.25, 0.3) is 5.69 Å². The smallest absolute Gasteiger partial charge is 0.0886 e. The molecule has 15 heavy (non-hydrogen) atoms. The third-order valence-corrected chi connectivity index (χ3v) is 2.49. The predicted molar refractivity (Wildman–Crippen MR) is 59.2 cm³/mol. The second-order valence-electron chi connectivity index (χ2n) is 3.37. The van der Waals surface area contributed by atoms with Crippen LogP contribution in [0.3, 0.4) is 0 Å². The van der Waals surface area contributed by atoms with Gasteiger partial charge in [0.1, 0.15) is 0 Å². The van der Waals surface area contributed by atoms with Crippen molar-refractivity contribution in [3.63, 3.8) is 0 Å². The van der Waals surface area contributed by atoms with Gasteiger partial charge in [-0.1, -0.05) is 23.7 Å². The lowest BCUT2D eigenvalue weighted by atomic mass is 10.2. The molecule has 0 aliphatic heterocycles. The van der Waals surface area contributed by atoms with Crippen molar-refractivity contribution in [2.45, 2.75) is 13.5 Å². The number of halogens is 1. The first-order valence-electron chi connectivity index (χ1n) is 4.62. The third-order valence-electron chi connectivity index (χ3n) is 2.18. The monoisotopic (exact) mass is 222 g/mol. The first-order chi connectivity index (χ1) is 7.22. The minimum absolute atomic E-state index is 0.0468. The average molecular weight is 223 g/mol. The molecule has 0 aliphatic rings. The van der Waals surface area contributed by atoms with Crippen LogP contribution in [0.2, 0.25) is 5.02 Å². The molecule has 0 unspecified atom stereocenters. The summed E-state index contributed by atoms with van der Waals surface area (Å²) in [7, 11) is 0. The second kappa shape index (κ2) is 4.04. The van der Waals surface area contributed by atoms with Crippen molar-refractivity contribution in [3.05, 3.63) is 46.7 Å². The summed E-state index contributed by atoms with van der Waals surface area (Å²) in [6.45, 7) is 1.91. The summed E-state index contributed by atoms with van der Waals surface area (Å²) in [5.74, 6) is 0. The van der Waals surface area contributed by atoms with Crippen molar-refractivity contribution in [1.29, 1.82) is 0 Å². The van der Waals surface area contributed by atoms with Crippen LogP contribution in [-0.4, -0.2) is 14.9 Å². The average Bonchev–Trinajstić information content (AvgIpc) is 2.64. The predicted octanol–water partition coefficient (Wildman–Crippen LogP) is 2.33. The van der Waals surface area contributed by atoms with Crippen LogP contribution >= 0.6 is 11.6 Å². The lowest BCUT2D eigenvalue weighted by Crippen LogP contribution is -2.01. The van der Waals surface area contributed by atoms with Gasteiger partial charge in [0.25, 0.3) is 0 Å². The van der Waals surface area contributed by atoms with Crippen LogP contribution in [0.5, 0.6) is 0 Å². The maximum Gasteiger partial charge on any atom is 0.0886 e. The highest BCUT2D eigenvalue weighted by Crippen LogP contribution is 2.24. The number of benzene rings is 1. The maximum absolute atomic E-state index is 9.21.